The summed E-state index contributed by atoms with van der Waals surface area (Å²) in [5, 5.41) is 2.51. The lowest BCUT2D eigenvalue weighted by Crippen LogP contribution is -2.33. The molecule has 0 bridgehead atoms. The molecule has 2 aliphatic heterocycles. The molecule has 160 valence electrons. The fourth-order valence-electron chi connectivity index (χ4n) is 4.71. The summed E-state index contributed by atoms with van der Waals surface area (Å²) in [6.07, 6.45) is 6.22. The summed E-state index contributed by atoms with van der Waals surface area (Å²) in [7, 11) is 0. The minimum absolute atomic E-state index is 0.375. The normalized spacial score (nSPS) is 18.2. The van der Waals surface area contributed by atoms with Gasteiger partial charge in [0.25, 0.3) is 0 Å². The maximum absolute atomic E-state index is 6.33. The summed E-state index contributed by atoms with van der Waals surface area (Å²) >= 11 is 0. The van der Waals surface area contributed by atoms with Crippen molar-refractivity contribution in [2.45, 2.75) is 38.7 Å². The second-order valence-corrected chi connectivity index (χ2v) is 9.23. The van der Waals surface area contributed by atoms with Crippen molar-refractivity contribution in [1.82, 2.24) is 4.90 Å². The summed E-state index contributed by atoms with van der Waals surface area (Å²) in [5.74, 6) is 1.78. The van der Waals surface area contributed by atoms with Gasteiger partial charge in [0.05, 0.1) is 0 Å². The second-order valence-electron chi connectivity index (χ2n) is 9.23. The molecule has 0 spiro atoms. The highest BCUT2D eigenvalue weighted by atomic mass is 16.5. The molecule has 0 N–H and O–H groups in total. The third-order valence-corrected chi connectivity index (χ3v) is 6.29. The number of hydrogen-bond acceptors (Lipinski definition) is 3. The molecule has 0 radical (unpaired) electrons. The highest BCUT2D eigenvalue weighted by molar-refractivity contribution is 5.91. The van der Waals surface area contributed by atoms with Gasteiger partial charge < -0.3 is 9.47 Å². The Kier molecular flexibility index (Phi) is 5.45. The molecule has 0 aliphatic carbocycles. The Morgan fingerprint density at radius 3 is 2.55 bits per heavy atom. The minimum atomic E-state index is -0.375. The first-order valence-electron chi connectivity index (χ1n) is 11.5. The van der Waals surface area contributed by atoms with Gasteiger partial charge in [-0.3, -0.25) is 4.90 Å². The molecule has 2 heterocycles. The average molecular weight is 414 g/mol. The zero-order valence-electron chi connectivity index (χ0n) is 18.6. The van der Waals surface area contributed by atoms with Gasteiger partial charge in [-0.2, -0.15) is 0 Å². The fourth-order valence-corrected chi connectivity index (χ4v) is 4.71. The molecule has 1 fully saturated rings. The Morgan fingerprint density at radius 1 is 0.903 bits per heavy atom. The van der Waals surface area contributed by atoms with Crippen molar-refractivity contribution in [3.8, 4) is 11.5 Å². The van der Waals surface area contributed by atoms with Crippen LogP contribution in [0.15, 0.2) is 66.7 Å². The lowest BCUT2D eigenvalue weighted by Gasteiger charge is -2.32. The molecule has 1 saturated heterocycles. The monoisotopic (exact) mass is 413 g/mol. The van der Waals surface area contributed by atoms with Gasteiger partial charge in [0, 0.05) is 18.2 Å². The number of benzene rings is 3. The predicted octanol–water partition coefficient (Wildman–Crippen LogP) is 6.31. The lowest BCUT2D eigenvalue weighted by molar-refractivity contribution is 0.156. The minimum Gasteiger partial charge on any atom is -0.492 e. The highest BCUT2D eigenvalue weighted by Gasteiger charge is 2.27. The highest BCUT2D eigenvalue weighted by Crippen LogP contribution is 2.41. The van der Waals surface area contributed by atoms with Crippen molar-refractivity contribution in [1.29, 1.82) is 0 Å². The maximum Gasteiger partial charge on any atom is 0.132 e. The zero-order chi connectivity index (χ0) is 21.3. The van der Waals surface area contributed by atoms with E-state index in [1.165, 1.54) is 54.3 Å². The van der Waals surface area contributed by atoms with Crippen molar-refractivity contribution >= 4 is 16.3 Å². The molecule has 3 nitrogen and oxygen atoms in total. The predicted molar refractivity (Wildman–Crippen MR) is 128 cm³/mol. The van der Waals surface area contributed by atoms with E-state index in [4.69, 9.17) is 9.47 Å². The van der Waals surface area contributed by atoms with Crippen molar-refractivity contribution in [2.24, 2.45) is 0 Å². The van der Waals surface area contributed by atoms with Crippen molar-refractivity contribution < 1.29 is 9.47 Å². The second kappa shape index (κ2) is 8.39. The first-order valence-corrected chi connectivity index (χ1v) is 11.5. The number of piperidine rings is 1. The van der Waals surface area contributed by atoms with E-state index in [0.717, 1.165) is 30.2 Å². The first-order chi connectivity index (χ1) is 15.1. The molecule has 0 saturated carbocycles. The van der Waals surface area contributed by atoms with Crippen molar-refractivity contribution in [2.75, 3.05) is 26.2 Å². The molecule has 0 atom stereocenters. The Morgan fingerprint density at radius 2 is 1.71 bits per heavy atom. The molecule has 2 aliphatic rings. The van der Waals surface area contributed by atoms with Crippen LogP contribution >= 0.6 is 0 Å². The summed E-state index contributed by atoms with van der Waals surface area (Å²) in [4.78, 5) is 2.50. The largest absolute Gasteiger partial charge is 0.492 e. The third kappa shape index (κ3) is 4.47. The number of hydrogen-bond donors (Lipinski definition) is 0. The number of likely N-dealkylation sites (tertiary alicyclic amines) is 1. The molecule has 5 rings (SSSR count). The third-order valence-electron chi connectivity index (χ3n) is 6.29. The topological polar surface area (TPSA) is 21.7 Å². The van der Waals surface area contributed by atoms with Crippen molar-refractivity contribution in [3.05, 3.63) is 77.9 Å². The molecule has 3 heteroatoms. The van der Waals surface area contributed by atoms with Gasteiger partial charge in [0.1, 0.15) is 23.7 Å². The van der Waals surface area contributed by atoms with Crippen LogP contribution in [0, 0.1) is 0 Å². The van der Waals surface area contributed by atoms with E-state index >= 15 is 0 Å². The molecular weight excluding hydrogens is 382 g/mol. The molecule has 31 heavy (non-hydrogen) atoms. The maximum atomic E-state index is 6.33. The molecular formula is C28H31NO2. The number of nitrogens with zero attached hydrogens (tertiary/aromatic N) is 1. The van der Waals surface area contributed by atoms with Gasteiger partial charge >= 0.3 is 0 Å². The van der Waals surface area contributed by atoms with Gasteiger partial charge in [-0.25, -0.2) is 0 Å². The standard InChI is InChI=1S/C28H31NO2/c1-28(2)20-26(23-11-10-21-8-4-5-9-22(21)18-23)25-13-12-24(19-27(25)31-28)30-17-16-29-14-6-3-7-15-29/h4-5,8-13,18-20H,3,6-7,14-17H2,1-2H3. The van der Waals surface area contributed by atoms with Gasteiger partial charge in [-0.15, -0.1) is 0 Å². The Hall–Kier alpha value is -2.78. The molecule has 0 amide bonds. The van der Waals surface area contributed by atoms with Crippen LogP contribution in [-0.2, 0) is 0 Å². The van der Waals surface area contributed by atoms with E-state index in [0.29, 0.717) is 0 Å². The summed E-state index contributed by atoms with van der Waals surface area (Å²) in [5.41, 5.74) is 3.19. The molecule has 0 unspecified atom stereocenters. The number of fused-ring (bicyclic) bond motifs is 2. The SMILES string of the molecule is CC1(C)C=C(c2ccc3ccccc3c2)c2ccc(OCCN3CCCCC3)cc2O1. The van der Waals surface area contributed by atoms with E-state index in [2.05, 4.69) is 85.5 Å². The average Bonchev–Trinajstić information content (AvgIpc) is 2.78. The molecule has 0 aromatic heterocycles. The van der Waals surface area contributed by atoms with Crippen LogP contribution in [0.3, 0.4) is 0 Å². The van der Waals surface area contributed by atoms with Crippen LogP contribution in [-0.4, -0.2) is 36.7 Å². The van der Waals surface area contributed by atoms with E-state index < -0.39 is 0 Å². The summed E-state index contributed by atoms with van der Waals surface area (Å²) < 4.78 is 12.4. The molecule has 3 aromatic rings. The van der Waals surface area contributed by atoms with Crippen LogP contribution < -0.4 is 9.47 Å². The Balaban J connectivity index is 1.39. The van der Waals surface area contributed by atoms with Crippen LogP contribution in [0.2, 0.25) is 0 Å². The van der Waals surface area contributed by atoms with Gasteiger partial charge in [-0.05, 0) is 86.0 Å². The quantitative estimate of drug-likeness (QED) is 0.489. The van der Waals surface area contributed by atoms with Gasteiger partial charge in [0.15, 0.2) is 0 Å². The summed E-state index contributed by atoms with van der Waals surface area (Å²) in [6, 6.07) is 21.5. The summed E-state index contributed by atoms with van der Waals surface area (Å²) in [6.45, 7) is 8.33. The van der Waals surface area contributed by atoms with Crippen LogP contribution in [0.4, 0.5) is 0 Å². The van der Waals surface area contributed by atoms with E-state index in [1.54, 1.807) is 0 Å². The van der Waals surface area contributed by atoms with Gasteiger partial charge in [0.2, 0.25) is 0 Å². The van der Waals surface area contributed by atoms with Crippen LogP contribution in [0.5, 0.6) is 11.5 Å². The first kappa shape index (κ1) is 20.1. The number of ether oxygens (including phenoxy) is 2. The smallest absolute Gasteiger partial charge is 0.132 e. The van der Waals surface area contributed by atoms with Crippen LogP contribution in [0.25, 0.3) is 16.3 Å². The van der Waals surface area contributed by atoms with E-state index in [1.807, 2.05) is 0 Å². The Bertz CT molecular complexity index is 1110. The fraction of sp³-hybridized carbons (Fsp3) is 0.357. The van der Waals surface area contributed by atoms with Crippen molar-refractivity contribution in [3.63, 3.8) is 0 Å². The molecule has 3 aromatic carbocycles. The lowest BCUT2D eigenvalue weighted by atomic mass is 9.89. The zero-order valence-corrected chi connectivity index (χ0v) is 18.6. The Labute approximate surface area is 185 Å². The van der Waals surface area contributed by atoms with E-state index in [-0.39, 0.29) is 5.60 Å². The van der Waals surface area contributed by atoms with Crippen LogP contribution in [0.1, 0.15) is 44.2 Å². The van der Waals surface area contributed by atoms with Gasteiger partial charge in [-0.1, -0.05) is 42.8 Å². The number of rotatable bonds is 5. The van der Waals surface area contributed by atoms with E-state index in [9.17, 15) is 0 Å².